The van der Waals surface area contributed by atoms with E-state index in [2.05, 4.69) is 5.32 Å². The van der Waals surface area contributed by atoms with Gasteiger partial charge in [0.15, 0.2) is 0 Å². The molecule has 0 aromatic carbocycles. The van der Waals surface area contributed by atoms with Crippen LogP contribution in [-0.4, -0.2) is 27.6 Å². The minimum Gasteiger partial charge on any atom is -0.481 e. The van der Waals surface area contributed by atoms with E-state index in [4.69, 9.17) is 16.7 Å². The Morgan fingerprint density at radius 2 is 2.21 bits per heavy atom. The van der Waals surface area contributed by atoms with Gasteiger partial charge in [-0.15, -0.1) is 0 Å². The molecular weight excluding hydrogens is 268 g/mol. The molecule has 1 aliphatic carbocycles. The third-order valence-electron chi connectivity index (χ3n) is 3.56. The van der Waals surface area contributed by atoms with Crippen LogP contribution in [0.1, 0.15) is 36.2 Å². The summed E-state index contributed by atoms with van der Waals surface area (Å²) in [6, 6.07) is 1.53. The number of aryl methyl sites for hydroxylation is 1. The maximum atomic E-state index is 12.1. The number of hydrogen-bond acceptors (Lipinski definition) is 2. The van der Waals surface area contributed by atoms with Gasteiger partial charge in [-0.2, -0.15) is 0 Å². The zero-order valence-corrected chi connectivity index (χ0v) is 11.5. The lowest BCUT2D eigenvalue weighted by Crippen LogP contribution is -2.40. The molecule has 0 spiro atoms. The summed E-state index contributed by atoms with van der Waals surface area (Å²) >= 11 is 5.84. The molecule has 0 saturated heterocycles. The Morgan fingerprint density at radius 1 is 1.47 bits per heavy atom. The number of aliphatic carboxylic acids is 1. The molecule has 2 atom stereocenters. The average Bonchev–Trinajstić information content (AvgIpc) is 2.69. The van der Waals surface area contributed by atoms with E-state index in [1.807, 2.05) is 0 Å². The Kier molecular flexibility index (Phi) is 4.14. The Morgan fingerprint density at radius 3 is 2.79 bits per heavy atom. The van der Waals surface area contributed by atoms with Gasteiger partial charge in [-0.1, -0.05) is 18.0 Å². The fourth-order valence-electron chi connectivity index (χ4n) is 2.55. The Hall–Kier alpha value is -1.49. The number of carbonyl (C=O) groups excluding carboxylic acids is 1. The smallest absolute Gasteiger partial charge is 0.306 e. The predicted molar refractivity (Wildman–Crippen MR) is 71.3 cm³/mol. The zero-order valence-electron chi connectivity index (χ0n) is 10.7. The van der Waals surface area contributed by atoms with Crippen LogP contribution in [0.5, 0.6) is 0 Å². The molecule has 0 aliphatic heterocycles. The van der Waals surface area contributed by atoms with Gasteiger partial charge in [0.05, 0.1) is 10.9 Å². The first-order chi connectivity index (χ1) is 8.97. The molecule has 1 aromatic heterocycles. The van der Waals surface area contributed by atoms with Crippen molar-refractivity contribution in [2.75, 3.05) is 0 Å². The van der Waals surface area contributed by atoms with E-state index in [1.165, 1.54) is 0 Å². The number of amides is 1. The number of nitrogens with zero attached hydrogens (tertiary/aromatic N) is 1. The van der Waals surface area contributed by atoms with Crippen molar-refractivity contribution in [3.8, 4) is 0 Å². The van der Waals surface area contributed by atoms with Crippen molar-refractivity contribution in [3.05, 3.63) is 23.0 Å². The topological polar surface area (TPSA) is 71.3 Å². The molecular formula is C13H17ClN2O3. The average molecular weight is 285 g/mol. The lowest BCUT2D eigenvalue weighted by molar-refractivity contribution is -0.143. The molecule has 2 unspecified atom stereocenters. The number of carboxylic acid groups (broad SMARTS) is 1. The number of halogens is 1. The first-order valence-electron chi connectivity index (χ1n) is 6.33. The zero-order chi connectivity index (χ0) is 14.0. The second kappa shape index (κ2) is 5.65. The lowest BCUT2D eigenvalue weighted by Gasteiger charge is -2.27. The largest absolute Gasteiger partial charge is 0.481 e. The number of nitrogens with one attached hydrogen (secondary N) is 1. The first kappa shape index (κ1) is 13.9. The van der Waals surface area contributed by atoms with Gasteiger partial charge in [-0.25, -0.2) is 0 Å². The molecule has 104 valence electrons. The van der Waals surface area contributed by atoms with Crippen molar-refractivity contribution in [2.24, 2.45) is 13.0 Å². The van der Waals surface area contributed by atoms with E-state index in [0.29, 0.717) is 23.6 Å². The molecule has 1 amide bonds. The number of aromatic nitrogens is 1. The third-order valence-corrected chi connectivity index (χ3v) is 3.77. The van der Waals surface area contributed by atoms with Crippen LogP contribution < -0.4 is 5.32 Å². The van der Waals surface area contributed by atoms with Crippen molar-refractivity contribution >= 4 is 23.5 Å². The minimum absolute atomic E-state index is 0.0731. The lowest BCUT2D eigenvalue weighted by atomic mass is 9.86. The summed E-state index contributed by atoms with van der Waals surface area (Å²) in [4.78, 5) is 23.1. The Bertz CT molecular complexity index is 498. The number of hydrogen-bond donors (Lipinski definition) is 2. The maximum Gasteiger partial charge on any atom is 0.306 e. The van der Waals surface area contributed by atoms with Crippen LogP contribution in [0.3, 0.4) is 0 Å². The summed E-state index contributed by atoms with van der Waals surface area (Å²) < 4.78 is 1.66. The van der Waals surface area contributed by atoms with Gasteiger partial charge >= 0.3 is 5.97 Å². The predicted octanol–water partition coefficient (Wildman–Crippen LogP) is 2.05. The standard InChI is InChI=1S/C13H17ClN2O3/c1-16-7-9(14)6-11(16)12(17)15-10-4-2-3-8(5-10)13(18)19/h6-8,10H,2-5H2,1H3,(H,15,17)(H,18,19). The monoisotopic (exact) mass is 284 g/mol. The molecule has 1 aliphatic rings. The Balaban J connectivity index is 1.99. The van der Waals surface area contributed by atoms with Gasteiger partial charge in [-0.3, -0.25) is 9.59 Å². The molecule has 0 bridgehead atoms. The van der Waals surface area contributed by atoms with Crippen molar-refractivity contribution in [2.45, 2.75) is 31.7 Å². The van der Waals surface area contributed by atoms with Crippen LogP contribution >= 0.6 is 11.6 Å². The molecule has 2 N–H and O–H groups in total. The third kappa shape index (κ3) is 3.29. The summed E-state index contributed by atoms with van der Waals surface area (Å²) in [5.74, 6) is -1.33. The van der Waals surface area contributed by atoms with E-state index in [9.17, 15) is 9.59 Å². The van der Waals surface area contributed by atoms with E-state index in [0.717, 1.165) is 12.8 Å². The molecule has 1 saturated carbocycles. The minimum atomic E-state index is -0.777. The summed E-state index contributed by atoms with van der Waals surface area (Å²) in [6.45, 7) is 0. The maximum absolute atomic E-state index is 12.1. The fourth-order valence-corrected chi connectivity index (χ4v) is 2.80. The molecule has 5 nitrogen and oxygen atoms in total. The molecule has 1 heterocycles. The van der Waals surface area contributed by atoms with E-state index in [-0.39, 0.29) is 17.9 Å². The fraction of sp³-hybridized carbons (Fsp3) is 0.538. The highest BCUT2D eigenvalue weighted by atomic mass is 35.5. The van der Waals surface area contributed by atoms with Crippen molar-refractivity contribution in [1.82, 2.24) is 9.88 Å². The van der Waals surface area contributed by atoms with Crippen LogP contribution in [0.4, 0.5) is 0 Å². The summed E-state index contributed by atoms with van der Waals surface area (Å²) in [5.41, 5.74) is 0.488. The van der Waals surface area contributed by atoms with Gasteiger partial charge in [0.25, 0.3) is 5.91 Å². The van der Waals surface area contributed by atoms with E-state index >= 15 is 0 Å². The normalized spacial score (nSPS) is 23.1. The Labute approximate surface area is 116 Å². The van der Waals surface area contributed by atoms with E-state index in [1.54, 1.807) is 23.9 Å². The van der Waals surface area contributed by atoms with Crippen LogP contribution in [0.2, 0.25) is 5.02 Å². The number of carboxylic acids is 1. The van der Waals surface area contributed by atoms with Crippen molar-refractivity contribution in [3.63, 3.8) is 0 Å². The summed E-state index contributed by atoms with van der Waals surface area (Å²) in [5, 5.41) is 12.4. The van der Waals surface area contributed by atoms with E-state index < -0.39 is 5.97 Å². The molecule has 2 rings (SSSR count). The van der Waals surface area contributed by atoms with Gasteiger partial charge < -0.3 is 15.0 Å². The van der Waals surface area contributed by atoms with Crippen LogP contribution in [-0.2, 0) is 11.8 Å². The molecule has 0 radical (unpaired) electrons. The van der Waals surface area contributed by atoms with Crippen LogP contribution in [0.25, 0.3) is 0 Å². The van der Waals surface area contributed by atoms with Crippen LogP contribution in [0, 0.1) is 5.92 Å². The highest BCUT2D eigenvalue weighted by Crippen LogP contribution is 2.25. The van der Waals surface area contributed by atoms with Gasteiger partial charge in [0.1, 0.15) is 5.69 Å². The molecule has 1 aromatic rings. The second-order valence-corrected chi connectivity index (χ2v) is 5.46. The number of rotatable bonds is 3. The quantitative estimate of drug-likeness (QED) is 0.892. The van der Waals surface area contributed by atoms with Gasteiger partial charge in [-0.05, 0) is 25.3 Å². The van der Waals surface area contributed by atoms with Gasteiger partial charge in [0, 0.05) is 19.3 Å². The summed E-state index contributed by atoms with van der Waals surface area (Å²) in [6.07, 6.45) is 4.51. The highest BCUT2D eigenvalue weighted by molar-refractivity contribution is 6.31. The molecule has 6 heteroatoms. The SMILES string of the molecule is Cn1cc(Cl)cc1C(=O)NC1CCCC(C(=O)O)C1. The van der Waals surface area contributed by atoms with Crippen LogP contribution in [0.15, 0.2) is 12.3 Å². The highest BCUT2D eigenvalue weighted by Gasteiger charge is 2.28. The molecule has 1 fully saturated rings. The second-order valence-electron chi connectivity index (χ2n) is 5.03. The van der Waals surface area contributed by atoms with Crippen molar-refractivity contribution in [1.29, 1.82) is 0 Å². The van der Waals surface area contributed by atoms with Crippen molar-refractivity contribution < 1.29 is 14.7 Å². The first-order valence-corrected chi connectivity index (χ1v) is 6.70. The van der Waals surface area contributed by atoms with Gasteiger partial charge in [0.2, 0.25) is 0 Å². The number of carbonyl (C=O) groups is 2. The summed E-state index contributed by atoms with van der Waals surface area (Å²) in [7, 11) is 1.75. The molecule has 19 heavy (non-hydrogen) atoms.